The van der Waals surface area contributed by atoms with Crippen LogP contribution in [0, 0.1) is 5.82 Å². The highest BCUT2D eigenvalue weighted by molar-refractivity contribution is 5.97. The Morgan fingerprint density at radius 2 is 2.27 bits per heavy atom. The van der Waals surface area contributed by atoms with Gasteiger partial charge in [-0.15, -0.1) is 0 Å². The number of carbonyl (C=O) groups is 2. The van der Waals surface area contributed by atoms with E-state index >= 15 is 0 Å². The number of nitrogens with zero attached hydrogens (tertiary/aromatic N) is 1. The summed E-state index contributed by atoms with van der Waals surface area (Å²) in [4.78, 5) is 26.0. The summed E-state index contributed by atoms with van der Waals surface area (Å²) < 4.78 is 18.6. The summed E-state index contributed by atoms with van der Waals surface area (Å²) in [5, 5.41) is 2.61. The number of hydrogen-bond donors (Lipinski definition) is 2. The van der Waals surface area contributed by atoms with Crippen molar-refractivity contribution in [3.05, 3.63) is 29.6 Å². The molecule has 1 saturated heterocycles. The van der Waals surface area contributed by atoms with E-state index in [4.69, 9.17) is 4.74 Å². The SMILES string of the molecule is COc1ccc(C[NH+](C)[C@@H](C)C(=O)N2CCNC2=O)cc1F. The summed E-state index contributed by atoms with van der Waals surface area (Å²) in [5.74, 6) is -0.452. The molecule has 6 nitrogen and oxygen atoms in total. The van der Waals surface area contributed by atoms with Gasteiger partial charge in [0.1, 0.15) is 6.54 Å². The first kappa shape index (κ1) is 16.2. The number of likely N-dealkylation sites (N-methyl/N-ethyl adjacent to an activating group) is 1. The van der Waals surface area contributed by atoms with E-state index in [9.17, 15) is 14.0 Å². The van der Waals surface area contributed by atoms with E-state index in [0.717, 1.165) is 10.5 Å². The van der Waals surface area contributed by atoms with Crippen LogP contribution < -0.4 is 15.0 Å². The topological polar surface area (TPSA) is 63.1 Å². The Balaban J connectivity index is 2.01. The van der Waals surface area contributed by atoms with E-state index in [1.165, 1.54) is 18.1 Å². The quantitative estimate of drug-likeness (QED) is 0.791. The average molecular weight is 310 g/mol. The fourth-order valence-electron chi connectivity index (χ4n) is 2.42. The molecule has 2 rings (SSSR count). The Bertz CT molecular complexity index is 579. The van der Waals surface area contributed by atoms with Crippen molar-refractivity contribution >= 4 is 11.9 Å². The predicted octanol–water partition coefficient (Wildman–Crippen LogP) is -0.211. The van der Waals surface area contributed by atoms with E-state index in [-0.39, 0.29) is 17.7 Å². The van der Waals surface area contributed by atoms with E-state index < -0.39 is 11.9 Å². The molecule has 0 aromatic heterocycles. The smallest absolute Gasteiger partial charge is 0.324 e. The molecule has 22 heavy (non-hydrogen) atoms. The van der Waals surface area contributed by atoms with Crippen LogP contribution in [0.3, 0.4) is 0 Å². The van der Waals surface area contributed by atoms with Crippen molar-refractivity contribution in [2.45, 2.75) is 19.5 Å². The Morgan fingerprint density at radius 1 is 1.55 bits per heavy atom. The molecule has 0 aliphatic carbocycles. The van der Waals surface area contributed by atoms with Crippen LogP contribution in [0.2, 0.25) is 0 Å². The summed E-state index contributed by atoms with van der Waals surface area (Å²) >= 11 is 0. The number of rotatable bonds is 5. The monoisotopic (exact) mass is 310 g/mol. The van der Waals surface area contributed by atoms with E-state index in [1.54, 1.807) is 19.1 Å². The van der Waals surface area contributed by atoms with Crippen LogP contribution in [0.4, 0.5) is 9.18 Å². The number of halogens is 1. The van der Waals surface area contributed by atoms with Gasteiger partial charge >= 0.3 is 6.03 Å². The van der Waals surface area contributed by atoms with Crippen LogP contribution in [0.15, 0.2) is 18.2 Å². The maximum absolute atomic E-state index is 13.7. The van der Waals surface area contributed by atoms with Crippen LogP contribution >= 0.6 is 0 Å². The fourth-order valence-corrected chi connectivity index (χ4v) is 2.42. The molecule has 1 aliphatic heterocycles. The predicted molar refractivity (Wildman–Crippen MR) is 78.1 cm³/mol. The number of carbonyl (C=O) groups excluding carboxylic acids is 2. The Labute approximate surface area is 128 Å². The van der Waals surface area contributed by atoms with Gasteiger partial charge in [-0.05, 0) is 25.1 Å². The molecule has 0 saturated carbocycles. The van der Waals surface area contributed by atoms with Crippen molar-refractivity contribution in [3.63, 3.8) is 0 Å². The lowest BCUT2D eigenvalue weighted by Gasteiger charge is -2.24. The summed E-state index contributed by atoms with van der Waals surface area (Å²) in [5.41, 5.74) is 0.765. The summed E-state index contributed by atoms with van der Waals surface area (Å²) in [6, 6.07) is 4.00. The molecular weight excluding hydrogens is 289 g/mol. The van der Waals surface area contributed by atoms with Crippen molar-refractivity contribution in [1.82, 2.24) is 10.2 Å². The van der Waals surface area contributed by atoms with Crippen LogP contribution in [0.25, 0.3) is 0 Å². The Morgan fingerprint density at radius 3 is 2.82 bits per heavy atom. The maximum atomic E-state index is 13.7. The lowest BCUT2D eigenvalue weighted by molar-refractivity contribution is -0.908. The van der Waals surface area contributed by atoms with Crippen LogP contribution in [0.1, 0.15) is 12.5 Å². The van der Waals surface area contributed by atoms with Crippen molar-refractivity contribution in [3.8, 4) is 5.75 Å². The number of methoxy groups -OCH3 is 1. The number of benzene rings is 1. The largest absolute Gasteiger partial charge is 0.494 e. The number of urea groups is 1. The van der Waals surface area contributed by atoms with E-state index in [1.807, 2.05) is 7.05 Å². The van der Waals surface area contributed by atoms with Gasteiger partial charge in [-0.3, -0.25) is 9.69 Å². The maximum Gasteiger partial charge on any atom is 0.324 e. The molecule has 1 aliphatic rings. The zero-order valence-corrected chi connectivity index (χ0v) is 13.0. The van der Waals surface area contributed by atoms with Crippen LogP contribution in [-0.2, 0) is 11.3 Å². The number of hydrogen-bond acceptors (Lipinski definition) is 3. The number of quaternary nitrogens is 1. The zero-order valence-electron chi connectivity index (χ0n) is 13.0. The highest BCUT2D eigenvalue weighted by Crippen LogP contribution is 2.17. The van der Waals surface area contributed by atoms with Gasteiger partial charge < -0.3 is 15.0 Å². The molecule has 1 heterocycles. The zero-order chi connectivity index (χ0) is 16.3. The first-order valence-corrected chi connectivity index (χ1v) is 7.18. The van der Waals surface area contributed by atoms with E-state index in [0.29, 0.717) is 19.6 Å². The minimum Gasteiger partial charge on any atom is -0.494 e. The summed E-state index contributed by atoms with van der Waals surface area (Å²) in [6.07, 6.45) is 0. The lowest BCUT2D eigenvalue weighted by atomic mass is 10.1. The van der Waals surface area contributed by atoms with Gasteiger partial charge in [-0.1, -0.05) is 0 Å². The molecule has 0 spiro atoms. The molecule has 2 N–H and O–H groups in total. The third-order valence-electron chi connectivity index (χ3n) is 3.93. The first-order chi connectivity index (χ1) is 10.4. The highest BCUT2D eigenvalue weighted by Gasteiger charge is 2.33. The molecule has 0 radical (unpaired) electrons. The number of imide groups is 1. The minimum atomic E-state index is -0.425. The summed E-state index contributed by atoms with van der Waals surface area (Å²) in [6.45, 7) is 3.12. The normalized spacial score (nSPS) is 17.1. The molecule has 7 heteroatoms. The van der Waals surface area contributed by atoms with Gasteiger partial charge in [0.2, 0.25) is 0 Å². The van der Waals surface area contributed by atoms with Crippen molar-refractivity contribution < 1.29 is 23.6 Å². The third-order valence-corrected chi connectivity index (χ3v) is 3.93. The molecule has 120 valence electrons. The van der Waals surface area contributed by atoms with Gasteiger partial charge in [0.25, 0.3) is 5.91 Å². The molecule has 1 unspecified atom stereocenters. The van der Waals surface area contributed by atoms with Crippen molar-refractivity contribution in [1.29, 1.82) is 0 Å². The molecule has 2 atom stereocenters. The number of ether oxygens (including phenoxy) is 1. The molecule has 3 amide bonds. The van der Waals surface area contributed by atoms with Gasteiger partial charge in [-0.2, -0.15) is 0 Å². The fraction of sp³-hybridized carbons (Fsp3) is 0.467. The average Bonchev–Trinajstić information content (AvgIpc) is 2.92. The van der Waals surface area contributed by atoms with Crippen LogP contribution in [0.5, 0.6) is 5.75 Å². The first-order valence-electron chi connectivity index (χ1n) is 7.18. The molecule has 1 fully saturated rings. The third kappa shape index (κ3) is 3.36. The lowest BCUT2D eigenvalue weighted by Crippen LogP contribution is -3.12. The van der Waals surface area contributed by atoms with Gasteiger partial charge in [0.15, 0.2) is 17.6 Å². The van der Waals surface area contributed by atoms with Crippen molar-refractivity contribution in [2.24, 2.45) is 0 Å². The molecule has 0 bridgehead atoms. The standard InChI is InChI=1S/C15H20FN3O3/c1-10(14(20)19-7-6-17-15(19)21)18(2)9-11-4-5-13(22-3)12(16)8-11/h4-5,8,10H,6-7,9H2,1-3H3,(H,17,21)/p+1/t10-/m0/s1. The number of amides is 3. The molecular formula is C15H21FN3O3+. The Kier molecular flexibility index (Phi) is 4.97. The van der Waals surface area contributed by atoms with Gasteiger partial charge in [0.05, 0.1) is 14.2 Å². The minimum absolute atomic E-state index is 0.194. The van der Waals surface area contributed by atoms with Gasteiger partial charge in [-0.25, -0.2) is 9.18 Å². The van der Waals surface area contributed by atoms with Crippen molar-refractivity contribution in [2.75, 3.05) is 27.2 Å². The molecule has 1 aromatic rings. The van der Waals surface area contributed by atoms with E-state index in [2.05, 4.69) is 5.32 Å². The highest BCUT2D eigenvalue weighted by atomic mass is 19.1. The number of nitrogens with one attached hydrogen (secondary N) is 2. The summed E-state index contributed by atoms with van der Waals surface area (Å²) in [7, 11) is 3.26. The Hall–Kier alpha value is -2.15. The second kappa shape index (κ2) is 6.74. The second-order valence-electron chi connectivity index (χ2n) is 5.44. The van der Waals surface area contributed by atoms with Gasteiger partial charge in [0, 0.05) is 18.7 Å². The second-order valence-corrected chi connectivity index (χ2v) is 5.44. The van der Waals surface area contributed by atoms with Crippen LogP contribution in [-0.4, -0.2) is 50.1 Å². The molecule has 1 aromatic carbocycles.